The van der Waals surface area contributed by atoms with E-state index in [1.807, 2.05) is 39.0 Å². The molecule has 3 rings (SSSR count). The Morgan fingerprint density at radius 2 is 1.82 bits per heavy atom. The van der Waals surface area contributed by atoms with Crippen molar-refractivity contribution in [3.63, 3.8) is 0 Å². The van der Waals surface area contributed by atoms with Gasteiger partial charge in [0.15, 0.2) is 0 Å². The second kappa shape index (κ2) is 8.32. The summed E-state index contributed by atoms with van der Waals surface area (Å²) in [6.07, 6.45) is 0.865. The van der Waals surface area contributed by atoms with Crippen LogP contribution in [0, 0.1) is 0 Å². The van der Waals surface area contributed by atoms with E-state index in [0.29, 0.717) is 17.1 Å². The van der Waals surface area contributed by atoms with Gasteiger partial charge in [-0.05, 0) is 62.1 Å². The zero-order chi connectivity index (χ0) is 20.3. The minimum atomic E-state index is -3.64. The maximum absolute atomic E-state index is 13.0. The first-order valence-electron chi connectivity index (χ1n) is 9.29. The highest BCUT2D eigenvalue weighted by atomic mass is 32.2. The van der Waals surface area contributed by atoms with Crippen LogP contribution in [0.15, 0.2) is 59.5 Å². The fraction of sp³-hybridized carbons (Fsp3) is 0.286. The maximum atomic E-state index is 13.0. The lowest BCUT2D eigenvalue weighted by Crippen LogP contribution is -2.31. The number of anilines is 1. The Bertz CT molecular complexity index is 1080. The van der Waals surface area contributed by atoms with E-state index >= 15 is 0 Å². The summed E-state index contributed by atoms with van der Waals surface area (Å²) in [6, 6.07) is 15.8. The number of nitrogens with zero attached hydrogens (tertiary/aromatic N) is 1. The van der Waals surface area contributed by atoms with E-state index < -0.39 is 10.0 Å². The largest absolute Gasteiger partial charge is 0.349 e. The molecule has 0 radical (unpaired) electrons. The fourth-order valence-corrected chi connectivity index (χ4v) is 5.34. The van der Waals surface area contributed by atoms with Crippen LogP contribution in [-0.2, 0) is 10.0 Å². The van der Waals surface area contributed by atoms with Crippen molar-refractivity contribution < 1.29 is 13.2 Å². The summed E-state index contributed by atoms with van der Waals surface area (Å²) in [4.78, 5) is 13.3. The number of thiophene rings is 1. The van der Waals surface area contributed by atoms with Gasteiger partial charge in [0, 0.05) is 17.3 Å². The van der Waals surface area contributed by atoms with Crippen molar-refractivity contribution in [1.29, 1.82) is 0 Å². The highest BCUT2D eigenvalue weighted by Gasteiger charge is 2.24. The van der Waals surface area contributed by atoms with Gasteiger partial charge in [0.2, 0.25) is 0 Å². The molecule has 1 N–H and O–H groups in total. The van der Waals surface area contributed by atoms with E-state index in [-0.39, 0.29) is 16.8 Å². The first kappa shape index (κ1) is 20.4. The predicted molar refractivity (Wildman–Crippen MR) is 116 cm³/mol. The first-order chi connectivity index (χ1) is 13.4. The lowest BCUT2D eigenvalue weighted by molar-refractivity contribution is 0.0943. The number of nitrogens with one attached hydrogen (secondary N) is 1. The number of hydrogen-bond donors (Lipinski definition) is 1. The van der Waals surface area contributed by atoms with Crippen LogP contribution in [0.2, 0.25) is 0 Å². The molecule has 3 aromatic rings. The minimum absolute atomic E-state index is 0.0960. The lowest BCUT2D eigenvalue weighted by atomic mass is 10.2. The Balaban J connectivity index is 1.96. The van der Waals surface area contributed by atoms with Crippen molar-refractivity contribution in [3.05, 3.63) is 59.5 Å². The Morgan fingerprint density at radius 1 is 1.11 bits per heavy atom. The number of benzene rings is 2. The molecule has 0 aliphatic rings. The van der Waals surface area contributed by atoms with Crippen LogP contribution >= 0.6 is 11.3 Å². The van der Waals surface area contributed by atoms with Gasteiger partial charge in [-0.25, -0.2) is 8.42 Å². The summed E-state index contributed by atoms with van der Waals surface area (Å²) in [5.74, 6) is -0.0960. The third-order valence-electron chi connectivity index (χ3n) is 4.62. The molecule has 0 aliphatic heterocycles. The molecule has 1 amide bonds. The molecule has 1 aromatic heterocycles. The summed E-state index contributed by atoms with van der Waals surface area (Å²) in [5, 5.41) is 3.83. The second-order valence-electron chi connectivity index (χ2n) is 6.60. The van der Waals surface area contributed by atoms with E-state index in [9.17, 15) is 13.2 Å². The van der Waals surface area contributed by atoms with Gasteiger partial charge in [0.25, 0.3) is 15.9 Å². The second-order valence-corrected chi connectivity index (χ2v) is 9.54. The Kier molecular flexibility index (Phi) is 6.05. The number of carbonyl (C=O) groups is 1. The summed E-state index contributed by atoms with van der Waals surface area (Å²) < 4.78 is 28.4. The van der Waals surface area contributed by atoms with E-state index in [0.717, 1.165) is 16.5 Å². The Labute approximate surface area is 170 Å². The minimum Gasteiger partial charge on any atom is -0.349 e. The predicted octanol–water partition coefficient (Wildman–Crippen LogP) is 4.64. The van der Waals surface area contributed by atoms with Crippen LogP contribution in [0.1, 0.15) is 36.9 Å². The average Bonchev–Trinajstić information content (AvgIpc) is 3.12. The standard InChI is InChI=1S/C21H24N2O3S2/c1-4-15(3)22-21(24)20-14-16-13-17(11-12-19(16)27-20)23(5-2)28(25,26)18-9-7-6-8-10-18/h6-15H,4-5H2,1-3H3,(H,22,24). The molecular weight excluding hydrogens is 392 g/mol. The van der Waals surface area contributed by atoms with Crippen molar-refractivity contribution >= 4 is 43.0 Å². The lowest BCUT2D eigenvalue weighted by Gasteiger charge is -2.23. The van der Waals surface area contributed by atoms with Gasteiger partial charge in [-0.2, -0.15) is 0 Å². The molecule has 0 saturated heterocycles. The molecular formula is C21H24N2O3S2. The van der Waals surface area contributed by atoms with E-state index in [2.05, 4.69) is 5.32 Å². The molecule has 0 bridgehead atoms. The molecule has 7 heteroatoms. The zero-order valence-electron chi connectivity index (χ0n) is 16.2. The number of carbonyl (C=O) groups excluding carboxylic acids is 1. The smallest absolute Gasteiger partial charge is 0.264 e. The van der Waals surface area contributed by atoms with Crippen LogP contribution in [0.4, 0.5) is 5.69 Å². The summed E-state index contributed by atoms with van der Waals surface area (Å²) in [5.41, 5.74) is 0.588. The van der Waals surface area contributed by atoms with Crippen molar-refractivity contribution in [1.82, 2.24) is 5.32 Å². The summed E-state index contributed by atoms with van der Waals surface area (Å²) in [6.45, 7) is 6.11. The van der Waals surface area contributed by atoms with Crippen molar-refractivity contribution in [2.24, 2.45) is 0 Å². The number of amides is 1. The molecule has 0 spiro atoms. The third kappa shape index (κ3) is 4.05. The molecule has 1 atom stereocenters. The number of rotatable bonds is 7. The van der Waals surface area contributed by atoms with Gasteiger partial charge in [-0.1, -0.05) is 25.1 Å². The zero-order valence-corrected chi connectivity index (χ0v) is 17.8. The molecule has 2 aromatic carbocycles. The van der Waals surface area contributed by atoms with Gasteiger partial charge in [0.05, 0.1) is 15.5 Å². The van der Waals surface area contributed by atoms with Gasteiger partial charge in [0.1, 0.15) is 0 Å². The highest BCUT2D eigenvalue weighted by molar-refractivity contribution is 7.92. The normalized spacial score (nSPS) is 12.7. The van der Waals surface area contributed by atoms with Crippen molar-refractivity contribution in [2.45, 2.75) is 38.1 Å². The summed E-state index contributed by atoms with van der Waals surface area (Å²) in [7, 11) is -3.64. The Morgan fingerprint density at radius 3 is 2.46 bits per heavy atom. The van der Waals surface area contributed by atoms with Crippen molar-refractivity contribution in [3.8, 4) is 0 Å². The molecule has 0 fully saturated rings. The molecule has 0 saturated carbocycles. The number of sulfonamides is 1. The third-order valence-corrected chi connectivity index (χ3v) is 7.65. The average molecular weight is 417 g/mol. The van der Waals surface area contributed by atoms with E-state index in [1.165, 1.54) is 15.6 Å². The topological polar surface area (TPSA) is 66.5 Å². The first-order valence-corrected chi connectivity index (χ1v) is 11.5. The van der Waals surface area contributed by atoms with Gasteiger partial charge in [-0.3, -0.25) is 9.10 Å². The van der Waals surface area contributed by atoms with Gasteiger partial charge < -0.3 is 5.32 Å². The monoisotopic (exact) mass is 416 g/mol. The van der Waals surface area contributed by atoms with Gasteiger partial charge >= 0.3 is 0 Å². The van der Waals surface area contributed by atoms with Crippen LogP contribution < -0.4 is 9.62 Å². The van der Waals surface area contributed by atoms with Crippen LogP contribution in [0.25, 0.3) is 10.1 Å². The van der Waals surface area contributed by atoms with E-state index in [1.54, 1.807) is 36.4 Å². The fourth-order valence-electron chi connectivity index (χ4n) is 2.91. The number of hydrogen-bond acceptors (Lipinski definition) is 4. The molecule has 1 unspecified atom stereocenters. The van der Waals surface area contributed by atoms with Crippen LogP contribution in [-0.4, -0.2) is 26.9 Å². The van der Waals surface area contributed by atoms with Crippen molar-refractivity contribution in [2.75, 3.05) is 10.8 Å². The number of fused-ring (bicyclic) bond motifs is 1. The highest BCUT2D eigenvalue weighted by Crippen LogP contribution is 2.31. The maximum Gasteiger partial charge on any atom is 0.264 e. The molecule has 148 valence electrons. The molecule has 1 heterocycles. The SMILES string of the molecule is CCC(C)NC(=O)c1cc2cc(N(CC)S(=O)(=O)c3ccccc3)ccc2s1. The van der Waals surface area contributed by atoms with Crippen LogP contribution in [0.5, 0.6) is 0 Å². The Hall–Kier alpha value is -2.38. The molecule has 28 heavy (non-hydrogen) atoms. The van der Waals surface area contributed by atoms with Gasteiger partial charge in [-0.15, -0.1) is 11.3 Å². The summed E-state index contributed by atoms with van der Waals surface area (Å²) >= 11 is 1.41. The quantitative estimate of drug-likeness (QED) is 0.610. The van der Waals surface area contributed by atoms with E-state index in [4.69, 9.17) is 0 Å². The molecule has 5 nitrogen and oxygen atoms in total. The molecule has 0 aliphatic carbocycles. The van der Waals surface area contributed by atoms with Crippen LogP contribution in [0.3, 0.4) is 0 Å².